The highest BCUT2D eigenvalue weighted by Crippen LogP contribution is 2.18. The first-order valence-corrected chi connectivity index (χ1v) is 35.4. The van der Waals surface area contributed by atoms with Gasteiger partial charge in [0.2, 0.25) is 0 Å². The molecule has 0 aliphatic carbocycles. The van der Waals surface area contributed by atoms with Gasteiger partial charge in [0, 0.05) is 19.3 Å². The van der Waals surface area contributed by atoms with Crippen molar-refractivity contribution in [2.45, 2.75) is 374 Å². The van der Waals surface area contributed by atoms with Crippen molar-refractivity contribution in [3.8, 4) is 0 Å². The van der Waals surface area contributed by atoms with Crippen LogP contribution in [-0.2, 0) is 28.6 Å². The van der Waals surface area contributed by atoms with E-state index in [0.29, 0.717) is 19.3 Å². The second kappa shape index (κ2) is 69.3. The van der Waals surface area contributed by atoms with Crippen LogP contribution in [0.4, 0.5) is 0 Å². The van der Waals surface area contributed by atoms with E-state index in [2.05, 4.69) is 93.7 Å². The van der Waals surface area contributed by atoms with Gasteiger partial charge in [0.15, 0.2) is 6.10 Å². The van der Waals surface area contributed by atoms with Gasteiger partial charge >= 0.3 is 17.9 Å². The SMILES string of the molecule is CC/C=C\C/C=C\C/C=C\C/C=C\CCCCCCC(=O)OC(COC(=O)CCCCCCCCC/C=C\C/C=C\CCCCC)COC(=O)CCCCCCCCCCCCCCCCCCCCCCCCCCCCCCC. The lowest BCUT2D eigenvalue weighted by Crippen LogP contribution is -2.30. The van der Waals surface area contributed by atoms with Crippen molar-refractivity contribution in [2.24, 2.45) is 0 Å². The van der Waals surface area contributed by atoms with Crippen molar-refractivity contribution < 1.29 is 28.6 Å². The van der Waals surface area contributed by atoms with E-state index in [1.807, 2.05) is 0 Å². The van der Waals surface area contributed by atoms with Crippen molar-refractivity contribution >= 4 is 17.9 Å². The molecule has 0 aromatic heterocycles. The molecule has 0 saturated carbocycles. The van der Waals surface area contributed by atoms with Gasteiger partial charge in [0.1, 0.15) is 13.2 Å². The largest absolute Gasteiger partial charge is 0.462 e. The van der Waals surface area contributed by atoms with E-state index >= 15 is 0 Å². The zero-order valence-corrected chi connectivity index (χ0v) is 54.1. The maximum atomic E-state index is 12.9. The Morgan fingerprint density at radius 2 is 0.481 bits per heavy atom. The predicted molar refractivity (Wildman–Crippen MR) is 353 cm³/mol. The smallest absolute Gasteiger partial charge is 0.306 e. The lowest BCUT2D eigenvalue weighted by Gasteiger charge is -2.18. The Labute approximate surface area is 503 Å². The number of carbonyl (C=O) groups is 3. The molecule has 0 bridgehead atoms. The molecule has 6 nitrogen and oxygen atoms in total. The average molecular weight is 1130 g/mol. The third-order valence-corrected chi connectivity index (χ3v) is 15.7. The highest BCUT2D eigenvalue weighted by Gasteiger charge is 2.19. The molecule has 0 aliphatic heterocycles. The van der Waals surface area contributed by atoms with E-state index < -0.39 is 6.10 Å². The molecule has 0 rings (SSSR count). The van der Waals surface area contributed by atoms with Gasteiger partial charge in [0.25, 0.3) is 0 Å². The average Bonchev–Trinajstić information content (AvgIpc) is 3.47. The number of rotatable bonds is 65. The third-order valence-electron chi connectivity index (χ3n) is 15.7. The van der Waals surface area contributed by atoms with Crippen LogP contribution in [0.3, 0.4) is 0 Å². The Kier molecular flexibility index (Phi) is 66.6. The third kappa shape index (κ3) is 67.5. The molecule has 1 unspecified atom stereocenters. The Morgan fingerprint density at radius 3 is 0.778 bits per heavy atom. The summed E-state index contributed by atoms with van der Waals surface area (Å²) in [5.41, 5.74) is 0. The van der Waals surface area contributed by atoms with Gasteiger partial charge in [-0.15, -0.1) is 0 Å². The van der Waals surface area contributed by atoms with E-state index in [4.69, 9.17) is 14.2 Å². The minimum atomic E-state index is -0.793. The van der Waals surface area contributed by atoms with Gasteiger partial charge in [-0.3, -0.25) is 14.4 Å². The first-order chi connectivity index (χ1) is 40.0. The van der Waals surface area contributed by atoms with Gasteiger partial charge in [-0.05, 0) is 89.9 Å². The quantitative estimate of drug-likeness (QED) is 0.0261. The van der Waals surface area contributed by atoms with E-state index in [1.54, 1.807) is 0 Å². The fourth-order valence-electron chi connectivity index (χ4n) is 10.4. The molecular weight excluding hydrogens is 997 g/mol. The first kappa shape index (κ1) is 77.9. The summed E-state index contributed by atoms with van der Waals surface area (Å²) in [6.45, 7) is 6.53. The van der Waals surface area contributed by atoms with Crippen molar-refractivity contribution in [3.05, 3.63) is 72.9 Å². The normalized spacial score (nSPS) is 12.5. The molecule has 1 atom stereocenters. The first-order valence-electron chi connectivity index (χ1n) is 35.4. The number of ether oxygens (including phenoxy) is 3. The fourth-order valence-corrected chi connectivity index (χ4v) is 10.4. The van der Waals surface area contributed by atoms with Crippen molar-refractivity contribution in [3.63, 3.8) is 0 Å². The molecule has 0 amide bonds. The maximum absolute atomic E-state index is 12.9. The Hall–Kier alpha value is -3.15. The number of hydrogen-bond acceptors (Lipinski definition) is 6. The molecule has 81 heavy (non-hydrogen) atoms. The van der Waals surface area contributed by atoms with Crippen molar-refractivity contribution in [1.82, 2.24) is 0 Å². The van der Waals surface area contributed by atoms with E-state index in [0.717, 1.165) is 109 Å². The Morgan fingerprint density at radius 1 is 0.259 bits per heavy atom. The summed E-state index contributed by atoms with van der Waals surface area (Å²) in [6.07, 6.45) is 90.8. The predicted octanol–water partition coefficient (Wildman–Crippen LogP) is 24.4. The van der Waals surface area contributed by atoms with Gasteiger partial charge < -0.3 is 14.2 Å². The van der Waals surface area contributed by atoms with Crippen LogP contribution in [0.2, 0.25) is 0 Å². The summed E-state index contributed by atoms with van der Waals surface area (Å²) in [5, 5.41) is 0. The zero-order chi connectivity index (χ0) is 58.5. The molecular formula is C75H134O6. The summed E-state index contributed by atoms with van der Waals surface area (Å²) < 4.78 is 17.0. The molecule has 0 N–H and O–H groups in total. The lowest BCUT2D eigenvalue weighted by molar-refractivity contribution is -0.167. The molecule has 0 radical (unpaired) electrons. The molecule has 0 aromatic rings. The topological polar surface area (TPSA) is 78.9 Å². The van der Waals surface area contributed by atoms with Crippen LogP contribution >= 0.6 is 0 Å². The van der Waals surface area contributed by atoms with E-state index in [9.17, 15) is 14.4 Å². The summed E-state index contributed by atoms with van der Waals surface area (Å²) in [7, 11) is 0. The minimum absolute atomic E-state index is 0.0851. The Bertz CT molecular complexity index is 1490. The van der Waals surface area contributed by atoms with Gasteiger partial charge in [-0.2, -0.15) is 0 Å². The maximum Gasteiger partial charge on any atom is 0.306 e. The molecule has 0 aromatic carbocycles. The minimum Gasteiger partial charge on any atom is -0.462 e. The molecule has 0 heterocycles. The number of unbranched alkanes of at least 4 members (excludes halogenated alkanes) is 42. The highest BCUT2D eigenvalue weighted by atomic mass is 16.6. The number of esters is 3. The van der Waals surface area contributed by atoms with Gasteiger partial charge in [-0.1, -0.05) is 331 Å². The lowest BCUT2D eigenvalue weighted by atomic mass is 10.0. The van der Waals surface area contributed by atoms with Crippen LogP contribution in [0, 0.1) is 0 Å². The summed E-state index contributed by atoms with van der Waals surface area (Å²) >= 11 is 0. The monoisotopic (exact) mass is 1130 g/mol. The molecule has 0 spiro atoms. The van der Waals surface area contributed by atoms with Crippen LogP contribution < -0.4 is 0 Å². The summed E-state index contributed by atoms with van der Waals surface area (Å²) in [5.74, 6) is -0.898. The molecule has 470 valence electrons. The second-order valence-corrected chi connectivity index (χ2v) is 23.8. The van der Waals surface area contributed by atoms with E-state index in [-0.39, 0.29) is 31.1 Å². The zero-order valence-electron chi connectivity index (χ0n) is 54.1. The van der Waals surface area contributed by atoms with Crippen LogP contribution in [0.1, 0.15) is 367 Å². The number of hydrogen-bond donors (Lipinski definition) is 0. The van der Waals surface area contributed by atoms with Crippen LogP contribution in [0.15, 0.2) is 72.9 Å². The molecule has 0 aliphatic rings. The van der Waals surface area contributed by atoms with Crippen LogP contribution in [0.5, 0.6) is 0 Å². The van der Waals surface area contributed by atoms with Gasteiger partial charge in [-0.25, -0.2) is 0 Å². The summed E-state index contributed by atoms with van der Waals surface area (Å²) in [4.78, 5) is 38.4. The number of allylic oxidation sites excluding steroid dienone is 12. The number of carbonyl (C=O) groups excluding carboxylic acids is 3. The highest BCUT2D eigenvalue weighted by molar-refractivity contribution is 5.71. The second-order valence-electron chi connectivity index (χ2n) is 23.8. The van der Waals surface area contributed by atoms with Gasteiger partial charge in [0.05, 0.1) is 0 Å². The van der Waals surface area contributed by atoms with Crippen molar-refractivity contribution in [1.29, 1.82) is 0 Å². The molecule has 6 heteroatoms. The van der Waals surface area contributed by atoms with Crippen molar-refractivity contribution in [2.75, 3.05) is 13.2 Å². The molecule has 0 saturated heterocycles. The Balaban J connectivity index is 4.26. The van der Waals surface area contributed by atoms with Crippen LogP contribution in [0.25, 0.3) is 0 Å². The summed E-state index contributed by atoms with van der Waals surface area (Å²) in [6, 6.07) is 0. The fraction of sp³-hybridized carbons (Fsp3) is 0.800. The van der Waals surface area contributed by atoms with Crippen LogP contribution in [-0.4, -0.2) is 37.2 Å². The standard InChI is InChI=1S/C75H134O6/c1-4-7-10-13-16-19-22-25-28-31-32-33-34-35-36-37-38-39-40-41-42-45-47-50-53-56-59-62-65-68-74(77)80-71-72(81-75(78)69-66-63-60-57-54-51-48-44-30-27-24-21-18-15-12-9-6-3)70-79-73(76)67-64-61-58-55-52-49-46-43-29-26-23-20-17-14-11-8-5-2/h9,12,17-18,20-21,26-27,29-30,48,51,72H,4-8,10-11,13-16,19,22-25,28,31-47,49-50,52-71H2,1-3H3/b12-9-,20-17-,21-18-,29-26-,30-27-,51-48-. The van der Waals surface area contributed by atoms with E-state index in [1.165, 1.54) is 218 Å². The molecule has 0 fully saturated rings.